The Hall–Kier alpha value is -1.59. The number of nitrogens with zero attached hydrogens (tertiary/aromatic N) is 3. The van der Waals surface area contributed by atoms with Gasteiger partial charge in [-0.05, 0) is 12.8 Å². The van der Waals surface area contributed by atoms with Crippen LogP contribution in [0.4, 0.5) is 11.5 Å². The molecule has 1 aromatic rings. The number of hydrogen-bond donors (Lipinski definition) is 1. The van der Waals surface area contributed by atoms with Gasteiger partial charge in [0.25, 0.3) is 0 Å². The SMILES string of the molecule is CCCC(CCC)n1ncc([N+](=O)[O-])c1N. The molecule has 6 heteroatoms. The summed E-state index contributed by atoms with van der Waals surface area (Å²) in [5, 5.41) is 14.7. The number of rotatable bonds is 6. The van der Waals surface area contributed by atoms with Crippen LogP contribution in [0.25, 0.3) is 0 Å². The number of nitro groups is 1. The Balaban J connectivity index is 2.96. The summed E-state index contributed by atoms with van der Waals surface area (Å²) in [6.07, 6.45) is 5.14. The maximum absolute atomic E-state index is 10.6. The van der Waals surface area contributed by atoms with Gasteiger partial charge in [0, 0.05) is 0 Å². The van der Waals surface area contributed by atoms with Crippen molar-refractivity contribution in [2.75, 3.05) is 5.73 Å². The average molecular weight is 226 g/mol. The van der Waals surface area contributed by atoms with Gasteiger partial charge in [-0.3, -0.25) is 10.1 Å². The lowest BCUT2D eigenvalue weighted by atomic mass is 10.1. The van der Waals surface area contributed by atoms with Crippen LogP contribution in [0.3, 0.4) is 0 Å². The van der Waals surface area contributed by atoms with E-state index in [1.807, 2.05) is 0 Å². The van der Waals surface area contributed by atoms with Crippen LogP contribution in [0.15, 0.2) is 6.20 Å². The first-order valence-electron chi connectivity index (χ1n) is 5.59. The molecule has 0 aliphatic heterocycles. The maximum Gasteiger partial charge on any atom is 0.330 e. The minimum atomic E-state index is -0.492. The Morgan fingerprint density at radius 3 is 2.44 bits per heavy atom. The fraction of sp³-hybridized carbons (Fsp3) is 0.700. The van der Waals surface area contributed by atoms with Crippen molar-refractivity contribution in [1.82, 2.24) is 9.78 Å². The summed E-state index contributed by atoms with van der Waals surface area (Å²) in [7, 11) is 0. The second-order valence-electron chi connectivity index (χ2n) is 3.85. The molecule has 16 heavy (non-hydrogen) atoms. The smallest absolute Gasteiger partial charge is 0.330 e. The molecule has 0 saturated heterocycles. The van der Waals surface area contributed by atoms with E-state index >= 15 is 0 Å². The number of nitrogens with two attached hydrogens (primary N) is 1. The summed E-state index contributed by atoms with van der Waals surface area (Å²) < 4.78 is 1.59. The van der Waals surface area contributed by atoms with E-state index in [0.29, 0.717) is 0 Å². The maximum atomic E-state index is 10.6. The van der Waals surface area contributed by atoms with E-state index in [0.717, 1.165) is 25.7 Å². The quantitative estimate of drug-likeness (QED) is 0.596. The molecular weight excluding hydrogens is 208 g/mol. The molecule has 90 valence electrons. The van der Waals surface area contributed by atoms with Gasteiger partial charge in [-0.1, -0.05) is 26.7 Å². The van der Waals surface area contributed by atoms with E-state index in [2.05, 4.69) is 18.9 Å². The summed E-state index contributed by atoms with van der Waals surface area (Å²) in [4.78, 5) is 10.2. The highest BCUT2D eigenvalue weighted by molar-refractivity contribution is 5.51. The molecule has 1 aromatic heterocycles. The molecule has 0 bridgehead atoms. The Morgan fingerprint density at radius 1 is 1.50 bits per heavy atom. The molecule has 6 nitrogen and oxygen atoms in total. The minimum Gasteiger partial charge on any atom is -0.378 e. The van der Waals surface area contributed by atoms with Crippen LogP contribution < -0.4 is 5.73 Å². The second-order valence-corrected chi connectivity index (χ2v) is 3.85. The highest BCUT2D eigenvalue weighted by Crippen LogP contribution is 2.28. The first kappa shape index (κ1) is 12.5. The van der Waals surface area contributed by atoms with E-state index in [9.17, 15) is 10.1 Å². The lowest BCUT2D eigenvalue weighted by molar-refractivity contribution is -0.384. The lowest BCUT2D eigenvalue weighted by Gasteiger charge is -2.16. The zero-order valence-corrected chi connectivity index (χ0v) is 9.72. The topological polar surface area (TPSA) is 87.0 Å². The van der Waals surface area contributed by atoms with Crippen molar-refractivity contribution in [3.05, 3.63) is 16.3 Å². The van der Waals surface area contributed by atoms with Gasteiger partial charge in [0.05, 0.1) is 11.0 Å². The van der Waals surface area contributed by atoms with Crippen molar-refractivity contribution in [2.24, 2.45) is 0 Å². The average Bonchev–Trinajstić information content (AvgIpc) is 2.60. The van der Waals surface area contributed by atoms with Crippen LogP contribution in [-0.4, -0.2) is 14.7 Å². The van der Waals surface area contributed by atoms with Crippen molar-refractivity contribution in [1.29, 1.82) is 0 Å². The molecule has 0 aliphatic carbocycles. The highest BCUT2D eigenvalue weighted by atomic mass is 16.6. The van der Waals surface area contributed by atoms with Crippen molar-refractivity contribution >= 4 is 11.5 Å². The van der Waals surface area contributed by atoms with Crippen LogP contribution >= 0.6 is 0 Å². The highest BCUT2D eigenvalue weighted by Gasteiger charge is 2.21. The van der Waals surface area contributed by atoms with Gasteiger partial charge < -0.3 is 5.73 Å². The van der Waals surface area contributed by atoms with Gasteiger partial charge in [-0.2, -0.15) is 5.10 Å². The standard InChI is InChI=1S/C10H18N4O2/c1-3-5-8(6-4-2)13-10(11)9(7-12-13)14(15)16/h7-8H,3-6,11H2,1-2H3. The number of hydrogen-bond acceptors (Lipinski definition) is 4. The number of aromatic nitrogens is 2. The Morgan fingerprint density at radius 2 is 2.06 bits per heavy atom. The van der Waals surface area contributed by atoms with Gasteiger partial charge >= 0.3 is 5.69 Å². The van der Waals surface area contributed by atoms with E-state index in [-0.39, 0.29) is 17.5 Å². The summed E-state index contributed by atoms with van der Waals surface area (Å²) in [6, 6.07) is 0.170. The van der Waals surface area contributed by atoms with E-state index in [4.69, 9.17) is 5.73 Å². The van der Waals surface area contributed by atoms with Crippen molar-refractivity contribution in [3.63, 3.8) is 0 Å². The lowest BCUT2D eigenvalue weighted by Crippen LogP contribution is -2.13. The molecule has 0 unspecified atom stereocenters. The minimum absolute atomic E-state index is 0.0998. The number of anilines is 1. The van der Waals surface area contributed by atoms with Crippen molar-refractivity contribution in [3.8, 4) is 0 Å². The fourth-order valence-corrected chi connectivity index (χ4v) is 1.85. The predicted octanol–water partition coefficient (Wildman–Crippen LogP) is 2.51. The molecule has 0 amide bonds. The third-order valence-electron chi connectivity index (χ3n) is 2.60. The van der Waals surface area contributed by atoms with E-state index in [1.54, 1.807) is 4.68 Å². The zero-order chi connectivity index (χ0) is 12.1. The second kappa shape index (κ2) is 5.48. The van der Waals surface area contributed by atoms with Crippen LogP contribution in [0.1, 0.15) is 45.6 Å². The van der Waals surface area contributed by atoms with Crippen molar-refractivity contribution < 1.29 is 4.92 Å². The normalized spacial score (nSPS) is 10.9. The first-order valence-corrected chi connectivity index (χ1v) is 5.59. The molecule has 0 radical (unpaired) electrons. The van der Waals surface area contributed by atoms with Gasteiger partial charge in [-0.15, -0.1) is 0 Å². The molecule has 0 atom stereocenters. The predicted molar refractivity (Wildman–Crippen MR) is 62.1 cm³/mol. The van der Waals surface area contributed by atoms with Crippen LogP contribution in [-0.2, 0) is 0 Å². The Labute approximate surface area is 94.6 Å². The number of nitrogen functional groups attached to an aromatic ring is 1. The monoisotopic (exact) mass is 226 g/mol. The Kier molecular flexibility index (Phi) is 4.28. The zero-order valence-electron chi connectivity index (χ0n) is 9.72. The third-order valence-corrected chi connectivity index (χ3v) is 2.60. The summed E-state index contributed by atoms with van der Waals surface area (Å²) in [6.45, 7) is 4.16. The van der Waals surface area contributed by atoms with E-state index in [1.165, 1.54) is 6.20 Å². The summed E-state index contributed by atoms with van der Waals surface area (Å²) in [5.41, 5.74) is 5.62. The molecule has 1 heterocycles. The van der Waals surface area contributed by atoms with Gasteiger partial charge in [-0.25, -0.2) is 4.68 Å². The van der Waals surface area contributed by atoms with Gasteiger partial charge in [0.1, 0.15) is 6.20 Å². The van der Waals surface area contributed by atoms with Crippen LogP contribution in [0.2, 0.25) is 0 Å². The molecule has 0 aliphatic rings. The fourth-order valence-electron chi connectivity index (χ4n) is 1.85. The molecular formula is C10H18N4O2. The molecule has 2 N–H and O–H groups in total. The molecule has 0 aromatic carbocycles. The van der Waals surface area contributed by atoms with E-state index < -0.39 is 4.92 Å². The molecule has 0 saturated carbocycles. The Bertz CT molecular complexity index is 356. The summed E-state index contributed by atoms with van der Waals surface area (Å²) >= 11 is 0. The summed E-state index contributed by atoms with van der Waals surface area (Å²) in [5.74, 6) is 0.164. The van der Waals surface area contributed by atoms with Gasteiger partial charge in [0.2, 0.25) is 5.82 Å². The molecule has 1 rings (SSSR count). The van der Waals surface area contributed by atoms with Crippen LogP contribution in [0.5, 0.6) is 0 Å². The largest absolute Gasteiger partial charge is 0.378 e. The first-order chi connectivity index (χ1) is 7.61. The van der Waals surface area contributed by atoms with Gasteiger partial charge in [0.15, 0.2) is 0 Å². The molecule has 0 fully saturated rings. The third kappa shape index (κ3) is 2.50. The van der Waals surface area contributed by atoms with Crippen LogP contribution in [0, 0.1) is 10.1 Å². The molecule has 0 spiro atoms. The van der Waals surface area contributed by atoms with Crippen molar-refractivity contribution in [2.45, 2.75) is 45.6 Å².